The Bertz CT molecular complexity index is 1550. The van der Waals surface area contributed by atoms with Crippen LogP contribution in [-0.2, 0) is 10.1 Å². The lowest BCUT2D eigenvalue weighted by molar-refractivity contribution is 0.0697. The van der Waals surface area contributed by atoms with Gasteiger partial charge in [-0.3, -0.25) is 4.55 Å². The van der Waals surface area contributed by atoms with E-state index in [9.17, 15) is 28.0 Å². The molecule has 180 valence electrons. The summed E-state index contributed by atoms with van der Waals surface area (Å²) < 4.78 is 33.2. The number of nitrogens with zero attached hydrogens (tertiary/aromatic N) is 1. The second-order valence-electron chi connectivity index (χ2n) is 8.03. The molecule has 35 heavy (non-hydrogen) atoms. The Labute approximate surface area is 202 Å². The highest BCUT2D eigenvalue weighted by Crippen LogP contribution is 2.40. The summed E-state index contributed by atoms with van der Waals surface area (Å²) in [5.74, 6) is -1.53. The molecule has 0 spiro atoms. The van der Waals surface area contributed by atoms with Gasteiger partial charge in [0.25, 0.3) is 10.1 Å². The molecule has 0 heterocycles. The summed E-state index contributed by atoms with van der Waals surface area (Å²) in [5.41, 5.74) is 3.03. The summed E-state index contributed by atoms with van der Waals surface area (Å²) in [5, 5.41) is 24.1. The van der Waals surface area contributed by atoms with Crippen LogP contribution in [0.3, 0.4) is 0 Å². The van der Waals surface area contributed by atoms with E-state index >= 15 is 0 Å². The molecule has 0 aliphatic carbocycles. The zero-order valence-electron chi connectivity index (χ0n) is 19.1. The molecule has 0 atom stereocenters. The fourth-order valence-corrected chi connectivity index (χ4v) is 4.84. The monoisotopic (exact) mass is 492 g/mol. The van der Waals surface area contributed by atoms with Crippen LogP contribution in [0.15, 0.2) is 77.7 Å². The number of aryl methyl sites for hydroxylation is 1. The molecule has 0 aliphatic heterocycles. The number of phenolic OH excluding ortho intramolecular Hbond substituents is 1. The van der Waals surface area contributed by atoms with Gasteiger partial charge in [-0.2, -0.15) is 8.42 Å². The lowest BCUT2D eigenvalue weighted by Gasteiger charge is -2.26. The number of aromatic carboxylic acids is 1. The molecule has 0 amide bonds. The Balaban J connectivity index is 1.81. The zero-order valence-corrected chi connectivity index (χ0v) is 19.9. The molecule has 9 heteroatoms. The van der Waals surface area contributed by atoms with Gasteiger partial charge in [0, 0.05) is 34.8 Å². The fourth-order valence-electron chi connectivity index (χ4n) is 4.13. The third-order valence-electron chi connectivity index (χ3n) is 5.68. The maximum absolute atomic E-state index is 12.2. The van der Waals surface area contributed by atoms with E-state index in [1.807, 2.05) is 43.0 Å². The molecule has 4 rings (SSSR count). The van der Waals surface area contributed by atoms with Gasteiger partial charge in [-0.25, -0.2) is 4.79 Å². The molecular formula is C26H24N2O6S. The number of phenols is 1. The van der Waals surface area contributed by atoms with Crippen molar-refractivity contribution in [1.29, 1.82) is 0 Å². The maximum Gasteiger partial charge on any atom is 0.337 e. The summed E-state index contributed by atoms with van der Waals surface area (Å²) >= 11 is 0. The Kier molecular flexibility index (Phi) is 6.38. The van der Waals surface area contributed by atoms with Gasteiger partial charge in [-0.1, -0.05) is 36.4 Å². The SMILES string of the molecule is CCN(c1cccc(C)c1)c1ccc(Nc2c(O)cc(S(=O)(=O)O)c3ccccc23)cc1C(=O)O. The van der Waals surface area contributed by atoms with Crippen molar-refractivity contribution in [2.75, 3.05) is 16.8 Å². The molecule has 0 aliphatic rings. The molecule has 0 saturated carbocycles. The molecule has 4 aromatic rings. The molecule has 0 fully saturated rings. The van der Waals surface area contributed by atoms with Crippen LogP contribution in [0, 0.1) is 6.92 Å². The first-order valence-electron chi connectivity index (χ1n) is 10.8. The lowest BCUT2D eigenvalue weighted by Crippen LogP contribution is -2.19. The third kappa shape index (κ3) is 4.77. The molecule has 4 N–H and O–H groups in total. The van der Waals surface area contributed by atoms with E-state index in [2.05, 4.69) is 5.32 Å². The van der Waals surface area contributed by atoms with Gasteiger partial charge < -0.3 is 20.4 Å². The number of aromatic hydroxyl groups is 1. The number of nitrogens with one attached hydrogen (secondary N) is 1. The average molecular weight is 493 g/mol. The first-order chi connectivity index (χ1) is 16.6. The van der Waals surface area contributed by atoms with Crippen LogP contribution in [-0.4, -0.2) is 35.7 Å². The van der Waals surface area contributed by atoms with Gasteiger partial charge in [0.05, 0.1) is 16.9 Å². The normalized spacial score (nSPS) is 11.4. The minimum absolute atomic E-state index is 0.0525. The third-order valence-corrected chi connectivity index (χ3v) is 6.57. The van der Waals surface area contributed by atoms with Crippen molar-refractivity contribution in [2.24, 2.45) is 0 Å². The highest BCUT2D eigenvalue weighted by atomic mass is 32.2. The van der Waals surface area contributed by atoms with Gasteiger partial charge in [-0.15, -0.1) is 0 Å². The van der Waals surface area contributed by atoms with E-state index in [0.29, 0.717) is 23.3 Å². The summed E-state index contributed by atoms with van der Waals surface area (Å²) in [6.45, 7) is 4.44. The summed E-state index contributed by atoms with van der Waals surface area (Å²) in [6, 6.07) is 19.9. The summed E-state index contributed by atoms with van der Waals surface area (Å²) in [4.78, 5) is 13.7. The summed E-state index contributed by atoms with van der Waals surface area (Å²) in [7, 11) is -4.58. The van der Waals surface area contributed by atoms with Crippen LogP contribution in [0.2, 0.25) is 0 Å². The number of benzene rings is 4. The predicted octanol–water partition coefficient (Wildman–Crippen LogP) is 5.70. The van der Waals surface area contributed by atoms with Crippen LogP contribution in [0.4, 0.5) is 22.7 Å². The van der Waals surface area contributed by atoms with Crippen LogP contribution in [0.1, 0.15) is 22.8 Å². The Hall–Kier alpha value is -4.08. The standard InChI is InChI=1S/C26H24N2O6S/c1-3-28(18-8-6-7-16(2)13-18)22-12-11-17(14-21(22)26(30)31)27-25-20-10-5-4-9-19(20)24(15-23(25)29)35(32,33)34/h4-15,27,29H,3H2,1-2H3,(H,30,31)(H,32,33,34). The Morgan fingerprint density at radius 3 is 2.31 bits per heavy atom. The van der Waals surface area contributed by atoms with Gasteiger partial charge >= 0.3 is 5.97 Å². The second-order valence-corrected chi connectivity index (χ2v) is 9.42. The minimum Gasteiger partial charge on any atom is -0.506 e. The fraction of sp³-hybridized carbons (Fsp3) is 0.115. The largest absolute Gasteiger partial charge is 0.506 e. The zero-order chi connectivity index (χ0) is 25.3. The number of hydrogen-bond donors (Lipinski definition) is 4. The number of rotatable bonds is 7. The molecule has 0 unspecified atom stereocenters. The van der Waals surface area contributed by atoms with E-state index in [4.69, 9.17) is 0 Å². The molecule has 4 aromatic carbocycles. The Morgan fingerprint density at radius 1 is 0.971 bits per heavy atom. The number of fused-ring (bicyclic) bond motifs is 1. The number of carboxylic acids is 1. The highest BCUT2D eigenvalue weighted by Gasteiger charge is 2.21. The van der Waals surface area contributed by atoms with Crippen LogP contribution in [0.25, 0.3) is 10.8 Å². The van der Waals surface area contributed by atoms with E-state index in [0.717, 1.165) is 17.3 Å². The van der Waals surface area contributed by atoms with Gasteiger partial charge in [-0.05, 0) is 49.7 Å². The molecule has 0 bridgehead atoms. The van der Waals surface area contributed by atoms with Crippen molar-refractivity contribution >= 4 is 49.6 Å². The highest BCUT2D eigenvalue weighted by molar-refractivity contribution is 7.86. The first-order valence-corrected chi connectivity index (χ1v) is 12.2. The van der Waals surface area contributed by atoms with Crippen molar-refractivity contribution in [2.45, 2.75) is 18.7 Å². The van der Waals surface area contributed by atoms with Gasteiger partial charge in [0.2, 0.25) is 0 Å². The number of carboxylic acid groups (broad SMARTS) is 1. The van der Waals surface area contributed by atoms with Crippen molar-refractivity contribution < 1.29 is 28.0 Å². The van der Waals surface area contributed by atoms with E-state index < -0.39 is 26.7 Å². The molecule has 0 radical (unpaired) electrons. The van der Waals surface area contributed by atoms with Crippen molar-refractivity contribution in [3.63, 3.8) is 0 Å². The molecule has 8 nitrogen and oxygen atoms in total. The number of anilines is 4. The Morgan fingerprint density at radius 2 is 1.69 bits per heavy atom. The van der Waals surface area contributed by atoms with Crippen LogP contribution >= 0.6 is 0 Å². The van der Waals surface area contributed by atoms with E-state index in [1.165, 1.54) is 12.1 Å². The van der Waals surface area contributed by atoms with E-state index in [1.54, 1.807) is 30.3 Å². The quantitative estimate of drug-likeness (QED) is 0.191. The smallest absolute Gasteiger partial charge is 0.337 e. The predicted molar refractivity (Wildman–Crippen MR) is 136 cm³/mol. The van der Waals surface area contributed by atoms with Gasteiger partial charge in [0.1, 0.15) is 10.6 Å². The molecular weight excluding hydrogens is 468 g/mol. The maximum atomic E-state index is 12.2. The minimum atomic E-state index is -4.58. The van der Waals surface area contributed by atoms with Crippen molar-refractivity contribution in [3.05, 3.63) is 83.9 Å². The molecule has 0 aromatic heterocycles. The average Bonchev–Trinajstić information content (AvgIpc) is 2.81. The van der Waals surface area contributed by atoms with Crippen LogP contribution in [0.5, 0.6) is 5.75 Å². The summed E-state index contributed by atoms with van der Waals surface area (Å²) in [6.07, 6.45) is 0. The van der Waals surface area contributed by atoms with Crippen molar-refractivity contribution in [1.82, 2.24) is 0 Å². The number of carbonyl (C=O) groups is 1. The number of hydrogen-bond acceptors (Lipinski definition) is 6. The second kappa shape index (κ2) is 9.28. The van der Waals surface area contributed by atoms with Gasteiger partial charge in [0.15, 0.2) is 0 Å². The topological polar surface area (TPSA) is 127 Å². The first kappa shape index (κ1) is 24.1. The van der Waals surface area contributed by atoms with Crippen molar-refractivity contribution in [3.8, 4) is 5.75 Å². The van der Waals surface area contributed by atoms with Crippen LogP contribution < -0.4 is 10.2 Å². The van der Waals surface area contributed by atoms with E-state index in [-0.39, 0.29) is 16.6 Å². The molecule has 0 saturated heterocycles. The lowest BCUT2D eigenvalue weighted by atomic mass is 10.1.